The van der Waals surface area contributed by atoms with Gasteiger partial charge in [0.15, 0.2) is 0 Å². The van der Waals surface area contributed by atoms with E-state index >= 15 is 0 Å². The summed E-state index contributed by atoms with van der Waals surface area (Å²) in [4.78, 5) is 51.7. The molecule has 10 heteroatoms. The summed E-state index contributed by atoms with van der Waals surface area (Å²) >= 11 is 0. The normalized spacial score (nSPS) is 14.1. The minimum Gasteiger partial charge on any atom is -0.456 e. The summed E-state index contributed by atoms with van der Waals surface area (Å²) in [5, 5.41) is 0. The molecule has 0 spiro atoms. The van der Waals surface area contributed by atoms with Gasteiger partial charge in [0.2, 0.25) is 0 Å². The smallest absolute Gasteiger partial charge is 0.316 e. The van der Waals surface area contributed by atoms with Crippen molar-refractivity contribution in [2.45, 2.75) is 94.9 Å². The summed E-state index contributed by atoms with van der Waals surface area (Å²) in [5.41, 5.74) is 0.206. The zero-order valence-electron chi connectivity index (χ0n) is 34.2. The number of benzene rings is 4. The lowest BCUT2D eigenvalue weighted by Crippen LogP contribution is -2.26. The highest BCUT2D eigenvalue weighted by Crippen LogP contribution is 2.59. The number of fused-ring (bicyclic) bond motifs is 4. The van der Waals surface area contributed by atoms with E-state index in [-0.39, 0.29) is 0 Å². The molecule has 0 fully saturated rings. The van der Waals surface area contributed by atoms with Crippen molar-refractivity contribution in [2.24, 2.45) is 21.7 Å². The van der Waals surface area contributed by atoms with Crippen molar-refractivity contribution in [3.8, 4) is 46.0 Å². The van der Waals surface area contributed by atoms with E-state index in [9.17, 15) is 19.2 Å². The Labute approximate surface area is 328 Å². The van der Waals surface area contributed by atoms with Gasteiger partial charge in [-0.3, -0.25) is 19.2 Å². The van der Waals surface area contributed by atoms with Gasteiger partial charge in [0.25, 0.3) is 0 Å². The fourth-order valence-corrected chi connectivity index (χ4v) is 6.02. The molecule has 4 aromatic carbocycles. The topological polar surface area (TPSA) is 124 Å². The van der Waals surface area contributed by atoms with Crippen LogP contribution in [0, 0.1) is 21.7 Å². The van der Waals surface area contributed by atoms with Crippen molar-refractivity contribution >= 4 is 23.9 Å². The largest absolute Gasteiger partial charge is 0.456 e. The van der Waals surface area contributed by atoms with Crippen LogP contribution >= 0.6 is 0 Å². The third-order valence-electron chi connectivity index (χ3n) is 9.35. The molecule has 2 aliphatic heterocycles. The van der Waals surface area contributed by atoms with E-state index in [1.165, 1.54) is 0 Å². The summed E-state index contributed by atoms with van der Waals surface area (Å²) in [6.45, 7) is 21.4. The van der Waals surface area contributed by atoms with E-state index in [0.29, 0.717) is 46.0 Å². The van der Waals surface area contributed by atoms with Gasteiger partial charge in [-0.25, -0.2) is 0 Å². The molecule has 0 saturated heterocycles. The second kappa shape index (κ2) is 14.1. The monoisotopic (exact) mass is 762 g/mol. The zero-order chi connectivity index (χ0) is 41.1. The number of hydrogen-bond donors (Lipinski definition) is 0. The van der Waals surface area contributed by atoms with Gasteiger partial charge < -0.3 is 28.4 Å². The molecule has 0 saturated carbocycles. The zero-order valence-corrected chi connectivity index (χ0v) is 34.2. The van der Waals surface area contributed by atoms with Crippen molar-refractivity contribution in [3.05, 3.63) is 95.1 Å². The molecule has 4 aromatic rings. The van der Waals surface area contributed by atoms with E-state index < -0.39 is 57.4 Å². The lowest BCUT2D eigenvalue weighted by molar-refractivity contribution is -0.143. The summed E-state index contributed by atoms with van der Waals surface area (Å²) in [5.74, 6) is 0.553. The SMILES string of the molecule is CC(C)(C)C(=O)Oc1ccc2c(c1)Oc1cc(OC(=O)C(C)(C)C)ccc1C2C1c2ccc(OC(=O)C(C)(C)C)cc2Oc2cc(OC(=O)C(C)(C)C)ccc21. The Morgan fingerprint density at radius 2 is 0.571 bits per heavy atom. The second-order valence-electron chi connectivity index (χ2n) is 18.5. The van der Waals surface area contributed by atoms with Crippen molar-refractivity contribution in [1.82, 2.24) is 0 Å². The van der Waals surface area contributed by atoms with Gasteiger partial charge in [-0.15, -0.1) is 0 Å². The first-order chi connectivity index (χ1) is 25.9. The first-order valence-corrected chi connectivity index (χ1v) is 18.7. The number of carbonyl (C=O) groups excluding carboxylic acids is 4. The maximum atomic E-state index is 12.9. The Bertz CT molecular complexity index is 1920. The molecule has 0 aliphatic carbocycles. The van der Waals surface area contributed by atoms with Gasteiger partial charge >= 0.3 is 23.9 Å². The number of ether oxygens (including phenoxy) is 6. The van der Waals surface area contributed by atoms with Crippen LogP contribution in [0.2, 0.25) is 0 Å². The quantitative estimate of drug-likeness (QED) is 0.143. The van der Waals surface area contributed by atoms with Crippen molar-refractivity contribution in [1.29, 1.82) is 0 Å². The number of hydrogen-bond acceptors (Lipinski definition) is 10. The molecular formula is C46H50O10. The summed E-state index contributed by atoms with van der Waals surface area (Å²) in [6, 6.07) is 21.3. The maximum Gasteiger partial charge on any atom is 0.316 e. The van der Waals surface area contributed by atoms with Crippen molar-refractivity contribution < 1.29 is 47.6 Å². The van der Waals surface area contributed by atoms with Gasteiger partial charge in [-0.05, 0) is 107 Å². The lowest BCUT2D eigenvalue weighted by atomic mass is 9.71. The highest BCUT2D eigenvalue weighted by molar-refractivity contribution is 5.80. The standard InChI is InChI=1S/C46H50O10/c1-43(2,3)39(47)51-25-13-17-29-33(21-25)55-34-22-26(52-40(48)44(4,5)6)14-18-30(34)37(29)38-31-19-15-27(53-41(49)45(7,8)9)23-35(31)56-36-24-28(16-20-32(36)38)54-42(50)46(10,11)12/h13-24,37-38H,1-12H3. The van der Waals surface area contributed by atoms with Crippen LogP contribution in [0.1, 0.15) is 117 Å². The average molecular weight is 763 g/mol. The van der Waals surface area contributed by atoms with E-state index in [1.807, 2.05) is 24.3 Å². The minimum absolute atomic E-state index is 0.310. The predicted octanol–water partition coefficient (Wildman–Crippen LogP) is 10.7. The molecule has 294 valence electrons. The molecule has 0 bridgehead atoms. The molecule has 0 atom stereocenters. The fraction of sp³-hybridized carbons (Fsp3) is 0.391. The highest BCUT2D eigenvalue weighted by Gasteiger charge is 2.41. The number of rotatable bonds is 5. The van der Waals surface area contributed by atoms with Crippen LogP contribution in [0.25, 0.3) is 0 Å². The molecule has 6 rings (SSSR count). The molecule has 2 aliphatic rings. The molecule has 0 N–H and O–H groups in total. The van der Waals surface area contributed by atoms with Crippen LogP contribution in [0.15, 0.2) is 72.8 Å². The Kier molecular flexibility index (Phi) is 10.1. The van der Waals surface area contributed by atoms with E-state index in [1.54, 1.807) is 132 Å². The summed E-state index contributed by atoms with van der Waals surface area (Å²) in [6.07, 6.45) is 0. The van der Waals surface area contributed by atoms with E-state index in [2.05, 4.69) is 0 Å². The Hall–Kier alpha value is -5.64. The van der Waals surface area contributed by atoms with Crippen LogP contribution in [0.4, 0.5) is 0 Å². The first-order valence-electron chi connectivity index (χ1n) is 18.7. The van der Waals surface area contributed by atoms with E-state index in [4.69, 9.17) is 28.4 Å². The average Bonchev–Trinajstić information content (AvgIpc) is 3.08. The van der Waals surface area contributed by atoms with Gasteiger partial charge in [0.05, 0.1) is 21.7 Å². The van der Waals surface area contributed by atoms with Crippen LogP contribution in [0.5, 0.6) is 46.0 Å². The van der Waals surface area contributed by atoms with Gasteiger partial charge in [0, 0.05) is 58.4 Å². The van der Waals surface area contributed by atoms with Gasteiger partial charge in [-0.1, -0.05) is 24.3 Å². The molecule has 0 unspecified atom stereocenters. The van der Waals surface area contributed by atoms with Gasteiger partial charge in [-0.2, -0.15) is 0 Å². The molecule has 0 radical (unpaired) electrons. The Balaban J connectivity index is 1.53. The second-order valence-corrected chi connectivity index (χ2v) is 18.5. The van der Waals surface area contributed by atoms with Crippen molar-refractivity contribution in [2.75, 3.05) is 0 Å². The first kappa shape index (κ1) is 40.0. The molecule has 0 amide bonds. The third kappa shape index (κ3) is 8.29. The molecular weight excluding hydrogens is 712 g/mol. The maximum absolute atomic E-state index is 12.9. The summed E-state index contributed by atoms with van der Waals surface area (Å²) in [7, 11) is 0. The Morgan fingerprint density at radius 1 is 0.375 bits per heavy atom. The van der Waals surface area contributed by atoms with Crippen LogP contribution in [0.3, 0.4) is 0 Å². The van der Waals surface area contributed by atoms with Crippen LogP contribution in [-0.2, 0) is 19.2 Å². The summed E-state index contributed by atoms with van der Waals surface area (Å²) < 4.78 is 36.2. The minimum atomic E-state index is -0.743. The molecule has 56 heavy (non-hydrogen) atoms. The van der Waals surface area contributed by atoms with E-state index in [0.717, 1.165) is 22.3 Å². The predicted molar refractivity (Wildman–Crippen MR) is 210 cm³/mol. The van der Waals surface area contributed by atoms with Gasteiger partial charge in [0.1, 0.15) is 46.0 Å². The lowest BCUT2D eigenvalue weighted by Gasteiger charge is -2.38. The fourth-order valence-electron chi connectivity index (χ4n) is 6.02. The molecule has 2 heterocycles. The highest BCUT2D eigenvalue weighted by atomic mass is 16.6. The molecule has 10 nitrogen and oxygen atoms in total. The third-order valence-corrected chi connectivity index (χ3v) is 9.35. The van der Waals surface area contributed by atoms with Crippen molar-refractivity contribution in [3.63, 3.8) is 0 Å². The Morgan fingerprint density at radius 3 is 0.750 bits per heavy atom. The number of carbonyl (C=O) groups is 4. The number of esters is 4. The molecule has 0 aromatic heterocycles. The van der Waals surface area contributed by atoms with Crippen LogP contribution in [-0.4, -0.2) is 23.9 Å². The van der Waals surface area contributed by atoms with Crippen LogP contribution < -0.4 is 28.4 Å².